The molecule has 1 saturated carbocycles. The number of rotatable bonds is 4. The summed E-state index contributed by atoms with van der Waals surface area (Å²) in [5.41, 5.74) is 0. The molecule has 0 aromatic carbocycles. The van der Waals surface area contributed by atoms with Gasteiger partial charge in [0, 0.05) is 12.8 Å². The van der Waals surface area contributed by atoms with E-state index in [1.54, 1.807) is 0 Å². The molecule has 19 heavy (non-hydrogen) atoms. The topological polar surface area (TPSA) is 51.0 Å². The number of hydrogen-bond acceptors (Lipinski definition) is 4. The first kappa shape index (κ1) is 13.1. The fraction of sp³-hybridized carbons (Fsp3) is 0.867. The molecule has 4 nitrogen and oxygen atoms in total. The Balaban J connectivity index is 1.50. The summed E-state index contributed by atoms with van der Waals surface area (Å²) < 4.78 is 5.43. The van der Waals surface area contributed by atoms with E-state index in [2.05, 4.69) is 15.5 Å². The molecular formula is C15H25N3O. The van der Waals surface area contributed by atoms with Gasteiger partial charge in [-0.05, 0) is 50.6 Å². The zero-order chi connectivity index (χ0) is 12.9. The zero-order valence-corrected chi connectivity index (χ0v) is 11.7. The van der Waals surface area contributed by atoms with E-state index in [4.69, 9.17) is 4.52 Å². The van der Waals surface area contributed by atoms with Crippen molar-refractivity contribution in [2.24, 2.45) is 11.8 Å². The van der Waals surface area contributed by atoms with Crippen molar-refractivity contribution in [3.8, 4) is 0 Å². The van der Waals surface area contributed by atoms with E-state index in [9.17, 15) is 0 Å². The van der Waals surface area contributed by atoms with Crippen molar-refractivity contribution in [3.05, 3.63) is 11.7 Å². The van der Waals surface area contributed by atoms with E-state index >= 15 is 0 Å². The molecule has 0 amide bonds. The van der Waals surface area contributed by atoms with Crippen LogP contribution in [-0.4, -0.2) is 23.2 Å². The quantitative estimate of drug-likeness (QED) is 0.907. The molecule has 0 bridgehead atoms. The Morgan fingerprint density at radius 1 is 1.00 bits per heavy atom. The van der Waals surface area contributed by atoms with Gasteiger partial charge in [-0.1, -0.05) is 24.4 Å². The minimum absolute atomic E-state index is 0.689. The van der Waals surface area contributed by atoms with Gasteiger partial charge in [0.05, 0.1) is 0 Å². The first-order chi connectivity index (χ1) is 9.40. The Kier molecular flexibility index (Phi) is 4.49. The molecule has 1 saturated heterocycles. The van der Waals surface area contributed by atoms with Crippen LogP contribution in [0.15, 0.2) is 4.52 Å². The summed E-state index contributed by atoms with van der Waals surface area (Å²) in [6.07, 6.45) is 11.4. The molecular weight excluding hydrogens is 238 g/mol. The lowest BCUT2D eigenvalue weighted by atomic mass is 9.87. The maximum Gasteiger partial charge on any atom is 0.226 e. The van der Waals surface area contributed by atoms with Gasteiger partial charge < -0.3 is 9.84 Å². The maximum absolute atomic E-state index is 5.43. The van der Waals surface area contributed by atoms with Crippen LogP contribution in [0.3, 0.4) is 0 Å². The fourth-order valence-electron chi connectivity index (χ4n) is 3.45. The number of nitrogens with one attached hydrogen (secondary N) is 1. The molecule has 2 heterocycles. The number of nitrogens with zero attached hydrogens (tertiary/aromatic N) is 2. The third-order valence-corrected chi connectivity index (χ3v) is 4.57. The summed E-state index contributed by atoms with van der Waals surface area (Å²) in [7, 11) is 0. The molecule has 3 rings (SSSR count). The lowest BCUT2D eigenvalue weighted by Crippen LogP contribution is -2.31. The average Bonchev–Trinajstić information content (AvgIpc) is 2.88. The zero-order valence-electron chi connectivity index (χ0n) is 11.7. The highest BCUT2D eigenvalue weighted by molar-refractivity contribution is 4.91. The molecule has 2 aliphatic rings. The summed E-state index contributed by atoms with van der Waals surface area (Å²) in [6, 6.07) is 0. The summed E-state index contributed by atoms with van der Waals surface area (Å²) in [6.45, 7) is 2.27. The predicted molar refractivity (Wildman–Crippen MR) is 73.9 cm³/mol. The van der Waals surface area contributed by atoms with E-state index < -0.39 is 0 Å². The maximum atomic E-state index is 5.43. The first-order valence-corrected chi connectivity index (χ1v) is 7.92. The smallest absolute Gasteiger partial charge is 0.226 e. The highest BCUT2D eigenvalue weighted by atomic mass is 16.5. The largest absolute Gasteiger partial charge is 0.339 e. The van der Waals surface area contributed by atoms with Gasteiger partial charge in [0.15, 0.2) is 5.82 Å². The molecule has 1 aliphatic heterocycles. The van der Waals surface area contributed by atoms with Crippen LogP contribution in [0, 0.1) is 11.8 Å². The average molecular weight is 263 g/mol. The van der Waals surface area contributed by atoms with Gasteiger partial charge in [-0.3, -0.25) is 0 Å². The molecule has 4 heteroatoms. The van der Waals surface area contributed by atoms with Crippen molar-refractivity contribution in [1.29, 1.82) is 0 Å². The Morgan fingerprint density at radius 2 is 1.84 bits per heavy atom. The van der Waals surface area contributed by atoms with Gasteiger partial charge in [0.1, 0.15) is 0 Å². The van der Waals surface area contributed by atoms with E-state index in [1.165, 1.54) is 44.9 Å². The second-order valence-electron chi connectivity index (χ2n) is 6.23. The summed E-state index contributed by atoms with van der Waals surface area (Å²) in [5.74, 6) is 3.25. The Morgan fingerprint density at radius 3 is 2.63 bits per heavy atom. The van der Waals surface area contributed by atoms with Gasteiger partial charge in [-0.2, -0.15) is 4.98 Å². The SMILES string of the molecule is C1CCC(Cc2nc(CC3CCCNC3)no2)CC1. The van der Waals surface area contributed by atoms with Crippen molar-refractivity contribution < 1.29 is 4.52 Å². The van der Waals surface area contributed by atoms with Gasteiger partial charge in [-0.15, -0.1) is 0 Å². The highest BCUT2D eigenvalue weighted by Gasteiger charge is 2.19. The van der Waals surface area contributed by atoms with Crippen LogP contribution in [0.25, 0.3) is 0 Å². The lowest BCUT2D eigenvalue weighted by molar-refractivity contribution is 0.302. The highest BCUT2D eigenvalue weighted by Crippen LogP contribution is 2.26. The lowest BCUT2D eigenvalue weighted by Gasteiger charge is -2.21. The van der Waals surface area contributed by atoms with Gasteiger partial charge in [0.2, 0.25) is 5.89 Å². The van der Waals surface area contributed by atoms with Crippen LogP contribution in [-0.2, 0) is 12.8 Å². The molecule has 1 N–H and O–H groups in total. The Hall–Kier alpha value is -0.900. The Bertz CT molecular complexity index is 344. The molecule has 0 radical (unpaired) electrons. The molecule has 2 fully saturated rings. The minimum atomic E-state index is 0.689. The summed E-state index contributed by atoms with van der Waals surface area (Å²) in [4.78, 5) is 4.59. The summed E-state index contributed by atoms with van der Waals surface area (Å²) >= 11 is 0. The number of hydrogen-bond donors (Lipinski definition) is 1. The molecule has 1 unspecified atom stereocenters. The number of piperidine rings is 1. The van der Waals surface area contributed by atoms with E-state index in [1.807, 2.05) is 0 Å². The van der Waals surface area contributed by atoms with Crippen LogP contribution in [0.1, 0.15) is 56.7 Å². The van der Waals surface area contributed by atoms with Gasteiger partial charge in [0.25, 0.3) is 0 Å². The van der Waals surface area contributed by atoms with Gasteiger partial charge in [-0.25, -0.2) is 0 Å². The van der Waals surface area contributed by atoms with Crippen LogP contribution in [0.2, 0.25) is 0 Å². The fourth-order valence-corrected chi connectivity index (χ4v) is 3.45. The molecule has 1 aromatic heterocycles. The molecule has 1 atom stereocenters. The number of aromatic nitrogens is 2. The molecule has 1 aromatic rings. The van der Waals surface area contributed by atoms with Crippen LogP contribution >= 0.6 is 0 Å². The monoisotopic (exact) mass is 263 g/mol. The van der Waals surface area contributed by atoms with Crippen LogP contribution < -0.4 is 5.32 Å². The molecule has 0 spiro atoms. The van der Waals surface area contributed by atoms with Crippen molar-refractivity contribution in [3.63, 3.8) is 0 Å². The minimum Gasteiger partial charge on any atom is -0.339 e. The predicted octanol–water partition coefficient (Wildman–Crippen LogP) is 2.73. The molecule has 106 valence electrons. The van der Waals surface area contributed by atoms with E-state index in [0.717, 1.165) is 43.6 Å². The Labute approximate surface area is 115 Å². The first-order valence-electron chi connectivity index (χ1n) is 7.92. The van der Waals surface area contributed by atoms with Gasteiger partial charge >= 0.3 is 0 Å². The van der Waals surface area contributed by atoms with Crippen molar-refractivity contribution in [1.82, 2.24) is 15.5 Å². The summed E-state index contributed by atoms with van der Waals surface area (Å²) in [5, 5.41) is 7.60. The third kappa shape index (κ3) is 3.78. The standard InChI is InChI=1S/C15H25N3O/c1-2-5-12(6-3-1)10-15-17-14(18-19-15)9-13-7-4-8-16-11-13/h12-13,16H,1-11H2. The van der Waals surface area contributed by atoms with E-state index in [0.29, 0.717) is 5.92 Å². The van der Waals surface area contributed by atoms with Crippen LogP contribution in [0.5, 0.6) is 0 Å². The third-order valence-electron chi connectivity index (χ3n) is 4.57. The van der Waals surface area contributed by atoms with Crippen molar-refractivity contribution in [2.75, 3.05) is 13.1 Å². The second kappa shape index (κ2) is 6.51. The van der Waals surface area contributed by atoms with Crippen molar-refractivity contribution in [2.45, 2.75) is 57.8 Å². The van der Waals surface area contributed by atoms with Crippen LogP contribution in [0.4, 0.5) is 0 Å². The normalized spacial score (nSPS) is 25.6. The molecule has 1 aliphatic carbocycles. The van der Waals surface area contributed by atoms with Crippen molar-refractivity contribution >= 4 is 0 Å². The van der Waals surface area contributed by atoms with E-state index in [-0.39, 0.29) is 0 Å². The second-order valence-corrected chi connectivity index (χ2v) is 6.23.